The highest BCUT2D eigenvalue weighted by Gasteiger charge is 2.41. The van der Waals surface area contributed by atoms with E-state index in [1.807, 2.05) is 24.7 Å². The topological polar surface area (TPSA) is 55.1 Å². The quantitative estimate of drug-likeness (QED) is 0.897. The van der Waals surface area contributed by atoms with Gasteiger partial charge in [0.1, 0.15) is 0 Å². The summed E-state index contributed by atoms with van der Waals surface area (Å²) in [7, 11) is 1.89. The highest BCUT2D eigenvalue weighted by molar-refractivity contribution is 5.75. The average Bonchev–Trinajstić information content (AvgIpc) is 2.60. The van der Waals surface area contributed by atoms with E-state index in [9.17, 15) is 9.90 Å². The largest absolute Gasteiger partial charge is 0.481 e. The first-order valence-corrected chi connectivity index (χ1v) is 6.66. The van der Waals surface area contributed by atoms with Crippen LogP contribution in [0.4, 0.5) is 0 Å². The maximum absolute atomic E-state index is 11.7. The fourth-order valence-electron chi connectivity index (χ4n) is 2.96. The Balaban J connectivity index is 2.21. The molecule has 1 aromatic heterocycles. The van der Waals surface area contributed by atoms with Gasteiger partial charge in [0.05, 0.1) is 11.1 Å². The number of nitrogens with zero attached hydrogens (tertiary/aromatic N) is 2. The van der Waals surface area contributed by atoms with Crippen molar-refractivity contribution in [3.63, 3.8) is 0 Å². The Morgan fingerprint density at radius 2 is 2.17 bits per heavy atom. The standard InChI is InChI=1S/C14H22N2O2/c1-10-4-6-14(7-5-10,13(17)18)9-12-8-11(2)15-16(12)3/h8,10H,4-7,9H2,1-3H3,(H,17,18). The fourth-order valence-corrected chi connectivity index (χ4v) is 2.96. The van der Waals surface area contributed by atoms with Crippen LogP contribution in [0.15, 0.2) is 6.07 Å². The molecule has 0 aromatic carbocycles. The van der Waals surface area contributed by atoms with Crippen molar-refractivity contribution in [1.82, 2.24) is 9.78 Å². The molecule has 0 aliphatic heterocycles. The number of carbonyl (C=O) groups is 1. The van der Waals surface area contributed by atoms with Gasteiger partial charge >= 0.3 is 5.97 Å². The predicted molar refractivity (Wildman–Crippen MR) is 69.3 cm³/mol. The summed E-state index contributed by atoms with van der Waals surface area (Å²) in [4.78, 5) is 11.7. The van der Waals surface area contributed by atoms with Crippen molar-refractivity contribution in [2.45, 2.75) is 46.0 Å². The molecule has 100 valence electrons. The molecule has 0 atom stereocenters. The summed E-state index contributed by atoms with van der Waals surface area (Å²) in [6.07, 6.45) is 4.21. The number of carboxylic acids is 1. The first-order valence-electron chi connectivity index (χ1n) is 6.66. The summed E-state index contributed by atoms with van der Waals surface area (Å²) < 4.78 is 1.82. The SMILES string of the molecule is Cc1cc(CC2(C(=O)O)CCC(C)CC2)n(C)n1. The van der Waals surface area contributed by atoms with Crippen LogP contribution in [0.5, 0.6) is 0 Å². The van der Waals surface area contributed by atoms with Gasteiger partial charge in [-0.25, -0.2) is 0 Å². The molecule has 0 bridgehead atoms. The van der Waals surface area contributed by atoms with Crippen LogP contribution in [0.3, 0.4) is 0 Å². The number of rotatable bonds is 3. The Kier molecular flexibility index (Phi) is 3.46. The molecule has 4 heteroatoms. The van der Waals surface area contributed by atoms with Crippen LogP contribution in [0.25, 0.3) is 0 Å². The Morgan fingerprint density at radius 3 is 2.61 bits per heavy atom. The zero-order chi connectivity index (χ0) is 13.3. The summed E-state index contributed by atoms with van der Waals surface area (Å²) in [6.45, 7) is 4.15. The summed E-state index contributed by atoms with van der Waals surface area (Å²) in [5.41, 5.74) is 1.41. The second kappa shape index (κ2) is 4.75. The maximum Gasteiger partial charge on any atom is 0.310 e. The molecule has 0 spiro atoms. The highest BCUT2D eigenvalue weighted by atomic mass is 16.4. The van der Waals surface area contributed by atoms with Crippen LogP contribution < -0.4 is 0 Å². The van der Waals surface area contributed by atoms with Gasteiger partial charge in [0.15, 0.2) is 0 Å². The lowest BCUT2D eigenvalue weighted by atomic mass is 9.68. The summed E-state index contributed by atoms with van der Waals surface area (Å²) >= 11 is 0. The summed E-state index contributed by atoms with van der Waals surface area (Å²) in [5, 5.41) is 13.9. The van der Waals surface area contributed by atoms with E-state index < -0.39 is 11.4 Å². The van der Waals surface area contributed by atoms with Gasteiger partial charge in [0, 0.05) is 19.2 Å². The minimum absolute atomic E-state index is 0.577. The third kappa shape index (κ3) is 2.42. The van der Waals surface area contributed by atoms with Crippen molar-refractivity contribution in [2.75, 3.05) is 0 Å². The van der Waals surface area contributed by atoms with Crippen molar-refractivity contribution < 1.29 is 9.90 Å². The minimum Gasteiger partial charge on any atom is -0.481 e. The number of hydrogen-bond donors (Lipinski definition) is 1. The lowest BCUT2D eigenvalue weighted by Crippen LogP contribution is -2.37. The molecule has 1 fully saturated rings. The Morgan fingerprint density at radius 1 is 1.56 bits per heavy atom. The summed E-state index contributed by atoms with van der Waals surface area (Å²) in [5.74, 6) is 0.0130. The van der Waals surface area contributed by atoms with Crippen LogP contribution in [-0.2, 0) is 18.3 Å². The van der Waals surface area contributed by atoms with E-state index >= 15 is 0 Å². The Bertz CT molecular complexity index is 443. The van der Waals surface area contributed by atoms with Gasteiger partial charge in [0.25, 0.3) is 0 Å². The van der Waals surface area contributed by atoms with Crippen molar-refractivity contribution >= 4 is 5.97 Å². The molecule has 0 unspecified atom stereocenters. The molecule has 0 amide bonds. The van der Waals surface area contributed by atoms with E-state index in [2.05, 4.69) is 12.0 Å². The lowest BCUT2D eigenvalue weighted by Gasteiger charge is -2.35. The molecule has 2 rings (SSSR count). The number of aromatic nitrogens is 2. The monoisotopic (exact) mass is 250 g/mol. The van der Waals surface area contributed by atoms with Gasteiger partial charge in [-0.1, -0.05) is 6.92 Å². The zero-order valence-corrected chi connectivity index (χ0v) is 11.4. The van der Waals surface area contributed by atoms with Crippen LogP contribution >= 0.6 is 0 Å². The molecule has 0 radical (unpaired) electrons. The van der Waals surface area contributed by atoms with Crippen molar-refractivity contribution in [2.24, 2.45) is 18.4 Å². The van der Waals surface area contributed by atoms with Gasteiger partial charge in [-0.2, -0.15) is 5.10 Å². The lowest BCUT2D eigenvalue weighted by molar-refractivity contribution is -0.151. The third-order valence-electron chi connectivity index (χ3n) is 4.30. The van der Waals surface area contributed by atoms with Crippen LogP contribution in [0.2, 0.25) is 0 Å². The molecule has 1 aliphatic rings. The molecule has 1 aliphatic carbocycles. The smallest absolute Gasteiger partial charge is 0.310 e. The number of carboxylic acid groups (broad SMARTS) is 1. The number of aryl methyl sites for hydroxylation is 2. The van der Waals surface area contributed by atoms with E-state index in [4.69, 9.17) is 0 Å². The zero-order valence-electron chi connectivity index (χ0n) is 11.4. The second-order valence-electron chi connectivity index (χ2n) is 5.85. The Labute approximate surface area is 108 Å². The number of hydrogen-bond acceptors (Lipinski definition) is 2. The molecule has 0 saturated heterocycles. The van der Waals surface area contributed by atoms with Gasteiger partial charge in [-0.15, -0.1) is 0 Å². The normalized spacial score (nSPS) is 28.3. The minimum atomic E-state index is -0.645. The predicted octanol–water partition coefficient (Wildman–Crippen LogP) is 2.55. The van der Waals surface area contributed by atoms with Crippen molar-refractivity contribution in [3.05, 3.63) is 17.5 Å². The molecular weight excluding hydrogens is 228 g/mol. The van der Waals surface area contributed by atoms with Crippen LogP contribution in [0.1, 0.15) is 44.0 Å². The van der Waals surface area contributed by atoms with Gasteiger partial charge in [0.2, 0.25) is 0 Å². The van der Waals surface area contributed by atoms with Crippen LogP contribution in [0, 0.1) is 18.3 Å². The molecule has 1 N–H and O–H groups in total. The first-order chi connectivity index (χ1) is 8.43. The molecule has 1 heterocycles. The molecule has 18 heavy (non-hydrogen) atoms. The number of aliphatic carboxylic acids is 1. The van der Waals surface area contributed by atoms with Gasteiger partial charge in [-0.05, 0) is 44.6 Å². The van der Waals surface area contributed by atoms with E-state index in [0.29, 0.717) is 12.3 Å². The highest BCUT2D eigenvalue weighted by Crippen LogP contribution is 2.41. The first kappa shape index (κ1) is 13.1. The fraction of sp³-hybridized carbons (Fsp3) is 0.714. The summed E-state index contributed by atoms with van der Waals surface area (Å²) in [6, 6.07) is 2.00. The van der Waals surface area contributed by atoms with E-state index in [1.165, 1.54) is 0 Å². The third-order valence-corrected chi connectivity index (χ3v) is 4.30. The maximum atomic E-state index is 11.7. The van der Waals surface area contributed by atoms with E-state index in [1.54, 1.807) is 0 Å². The van der Waals surface area contributed by atoms with Crippen molar-refractivity contribution in [1.29, 1.82) is 0 Å². The average molecular weight is 250 g/mol. The van der Waals surface area contributed by atoms with Crippen LogP contribution in [-0.4, -0.2) is 20.9 Å². The molecular formula is C14H22N2O2. The van der Waals surface area contributed by atoms with Gasteiger partial charge in [-0.3, -0.25) is 9.48 Å². The van der Waals surface area contributed by atoms with Crippen molar-refractivity contribution in [3.8, 4) is 0 Å². The second-order valence-corrected chi connectivity index (χ2v) is 5.85. The van der Waals surface area contributed by atoms with E-state index in [-0.39, 0.29) is 0 Å². The van der Waals surface area contributed by atoms with E-state index in [0.717, 1.165) is 37.1 Å². The van der Waals surface area contributed by atoms with Gasteiger partial charge < -0.3 is 5.11 Å². The molecule has 4 nitrogen and oxygen atoms in total. The Hall–Kier alpha value is -1.32. The molecule has 1 saturated carbocycles. The molecule has 1 aromatic rings.